The van der Waals surface area contributed by atoms with E-state index in [2.05, 4.69) is 4.74 Å². The molecule has 0 fully saturated rings. The molecule has 0 saturated heterocycles. The number of rotatable bonds is 4. The first-order chi connectivity index (χ1) is 7.83. The van der Waals surface area contributed by atoms with Gasteiger partial charge in [0.25, 0.3) is 0 Å². The molecule has 0 unspecified atom stereocenters. The maximum Gasteiger partial charge on any atom is 0.573 e. The monoisotopic (exact) mass is 247 g/mol. The van der Waals surface area contributed by atoms with E-state index >= 15 is 0 Å². The van der Waals surface area contributed by atoms with E-state index in [9.17, 15) is 13.2 Å². The molecule has 2 nitrogen and oxygen atoms in total. The fourth-order valence-electron chi connectivity index (χ4n) is 1.37. The fraction of sp³-hybridized carbons (Fsp3) is 0.417. The predicted molar refractivity (Wildman–Crippen MR) is 58.0 cm³/mol. The highest BCUT2D eigenvalue weighted by Crippen LogP contribution is 2.33. The zero-order valence-electron chi connectivity index (χ0n) is 9.89. The standard InChI is InChI=1S/C12H14F3O2/c1-4-16-9-5-6-11(17-12(13,14)15)10(7-9)8(2)3/h5-7H,4H2,1-3H3. The topological polar surface area (TPSA) is 18.5 Å². The van der Waals surface area contributed by atoms with Gasteiger partial charge in [-0.15, -0.1) is 13.2 Å². The molecule has 0 aliphatic heterocycles. The first kappa shape index (κ1) is 13.7. The second kappa shape index (κ2) is 5.29. The molecule has 0 saturated carbocycles. The van der Waals surface area contributed by atoms with Gasteiger partial charge in [-0.05, 0) is 25.1 Å². The van der Waals surface area contributed by atoms with Crippen molar-refractivity contribution >= 4 is 0 Å². The Bertz CT molecular complexity index is 373. The smallest absolute Gasteiger partial charge is 0.494 e. The quantitative estimate of drug-likeness (QED) is 0.802. The maximum absolute atomic E-state index is 12.2. The molecule has 0 atom stereocenters. The van der Waals surface area contributed by atoms with Crippen molar-refractivity contribution < 1.29 is 22.6 Å². The predicted octanol–water partition coefficient (Wildman–Crippen LogP) is 3.95. The number of halogens is 3. The van der Waals surface area contributed by atoms with Gasteiger partial charge in [-0.2, -0.15) is 0 Å². The van der Waals surface area contributed by atoms with Crippen LogP contribution in [0.5, 0.6) is 11.5 Å². The normalized spacial score (nSPS) is 11.7. The lowest BCUT2D eigenvalue weighted by Gasteiger charge is -2.16. The molecule has 0 amide bonds. The minimum Gasteiger partial charge on any atom is -0.494 e. The molecule has 1 aromatic rings. The molecule has 0 heterocycles. The third-order valence-corrected chi connectivity index (χ3v) is 2.03. The summed E-state index contributed by atoms with van der Waals surface area (Å²) in [5.74, 6) is 1.05. The van der Waals surface area contributed by atoms with Crippen LogP contribution in [0.3, 0.4) is 0 Å². The molecule has 0 spiro atoms. The summed E-state index contributed by atoms with van der Waals surface area (Å²) in [5, 5.41) is 0. The van der Waals surface area contributed by atoms with Gasteiger partial charge in [0.15, 0.2) is 0 Å². The Morgan fingerprint density at radius 3 is 2.35 bits per heavy atom. The summed E-state index contributed by atoms with van der Waals surface area (Å²) in [4.78, 5) is 0. The van der Waals surface area contributed by atoms with E-state index in [1.54, 1.807) is 19.9 Å². The Morgan fingerprint density at radius 1 is 1.24 bits per heavy atom. The number of alkyl halides is 3. The van der Waals surface area contributed by atoms with Crippen LogP contribution in [0.2, 0.25) is 0 Å². The van der Waals surface area contributed by atoms with E-state index in [-0.39, 0.29) is 5.75 Å². The first-order valence-electron chi connectivity index (χ1n) is 5.16. The SMILES string of the molecule is CCOc1ccc(OC(F)(F)F)c([C](C)C)c1. The molecule has 1 aromatic carbocycles. The van der Waals surface area contributed by atoms with Crippen molar-refractivity contribution in [3.63, 3.8) is 0 Å². The Kier molecular flexibility index (Phi) is 4.26. The molecular formula is C12H14F3O2. The lowest BCUT2D eigenvalue weighted by Crippen LogP contribution is -2.18. The van der Waals surface area contributed by atoms with Gasteiger partial charge in [0.05, 0.1) is 6.61 Å². The van der Waals surface area contributed by atoms with E-state index in [1.165, 1.54) is 12.1 Å². The Hall–Kier alpha value is -1.39. The van der Waals surface area contributed by atoms with Gasteiger partial charge < -0.3 is 9.47 Å². The molecule has 95 valence electrons. The van der Waals surface area contributed by atoms with Crippen LogP contribution in [-0.2, 0) is 0 Å². The summed E-state index contributed by atoms with van der Waals surface area (Å²) < 4.78 is 45.7. The molecular weight excluding hydrogens is 233 g/mol. The van der Waals surface area contributed by atoms with Gasteiger partial charge in [0, 0.05) is 11.5 Å². The van der Waals surface area contributed by atoms with Crippen LogP contribution in [0.4, 0.5) is 13.2 Å². The average molecular weight is 247 g/mol. The minimum absolute atomic E-state index is 0.207. The summed E-state index contributed by atoms with van der Waals surface area (Å²) in [6.45, 7) is 5.70. The van der Waals surface area contributed by atoms with Crippen molar-refractivity contribution in [3.05, 3.63) is 29.7 Å². The number of hydrogen-bond donors (Lipinski definition) is 0. The lowest BCUT2D eigenvalue weighted by molar-refractivity contribution is -0.274. The zero-order valence-corrected chi connectivity index (χ0v) is 9.89. The second-order valence-electron chi connectivity index (χ2n) is 3.64. The van der Waals surface area contributed by atoms with Crippen molar-refractivity contribution in [2.24, 2.45) is 0 Å². The minimum atomic E-state index is -4.68. The van der Waals surface area contributed by atoms with Crippen molar-refractivity contribution in [1.82, 2.24) is 0 Å². The molecule has 17 heavy (non-hydrogen) atoms. The molecule has 1 radical (unpaired) electrons. The summed E-state index contributed by atoms with van der Waals surface area (Å²) in [7, 11) is 0. The zero-order chi connectivity index (χ0) is 13.1. The summed E-state index contributed by atoms with van der Waals surface area (Å²) in [6.07, 6.45) is -4.68. The van der Waals surface area contributed by atoms with Crippen LogP contribution in [0.15, 0.2) is 18.2 Å². The van der Waals surface area contributed by atoms with Crippen LogP contribution in [0, 0.1) is 5.92 Å². The summed E-state index contributed by atoms with van der Waals surface area (Å²) in [5.41, 5.74) is 0.397. The van der Waals surface area contributed by atoms with Crippen molar-refractivity contribution in [2.75, 3.05) is 6.61 Å². The molecule has 5 heteroatoms. The van der Waals surface area contributed by atoms with Crippen LogP contribution in [-0.4, -0.2) is 13.0 Å². The van der Waals surface area contributed by atoms with Crippen LogP contribution < -0.4 is 9.47 Å². The highest BCUT2D eigenvalue weighted by atomic mass is 19.4. The van der Waals surface area contributed by atoms with Crippen LogP contribution in [0.25, 0.3) is 0 Å². The molecule has 0 aromatic heterocycles. The van der Waals surface area contributed by atoms with Gasteiger partial charge in [-0.25, -0.2) is 0 Å². The Balaban J connectivity index is 3.04. The second-order valence-corrected chi connectivity index (χ2v) is 3.64. The Labute approximate surface area is 98.3 Å². The van der Waals surface area contributed by atoms with E-state index in [0.717, 1.165) is 5.92 Å². The van der Waals surface area contributed by atoms with Gasteiger partial charge in [-0.3, -0.25) is 0 Å². The van der Waals surface area contributed by atoms with E-state index in [1.807, 2.05) is 6.92 Å². The van der Waals surface area contributed by atoms with Gasteiger partial charge in [0.2, 0.25) is 0 Å². The summed E-state index contributed by atoms with van der Waals surface area (Å²) >= 11 is 0. The molecule has 1 rings (SSSR count). The third-order valence-electron chi connectivity index (χ3n) is 2.03. The number of hydrogen-bond acceptors (Lipinski definition) is 2. The maximum atomic E-state index is 12.2. The number of benzene rings is 1. The first-order valence-corrected chi connectivity index (χ1v) is 5.16. The Morgan fingerprint density at radius 2 is 1.88 bits per heavy atom. The average Bonchev–Trinajstić information content (AvgIpc) is 2.18. The number of ether oxygens (including phenoxy) is 2. The third kappa shape index (κ3) is 4.17. The van der Waals surface area contributed by atoms with E-state index in [4.69, 9.17) is 4.74 Å². The van der Waals surface area contributed by atoms with E-state index < -0.39 is 6.36 Å². The largest absolute Gasteiger partial charge is 0.573 e. The molecule has 0 N–H and O–H groups in total. The van der Waals surface area contributed by atoms with Crippen LogP contribution >= 0.6 is 0 Å². The molecule has 0 aliphatic rings. The molecule has 0 aliphatic carbocycles. The van der Waals surface area contributed by atoms with Crippen molar-refractivity contribution in [2.45, 2.75) is 27.1 Å². The fourth-order valence-corrected chi connectivity index (χ4v) is 1.37. The van der Waals surface area contributed by atoms with Crippen molar-refractivity contribution in [3.8, 4) is 11.5 Å². The summed E-state index contributed by atoms with van der Waals surface area (Å²) in [6, 6.07) is 4.26. The van der Waals surface area contributed by atoms with Crippen LogP contribution in [0.1, 0.15) is 26.3 Å². The van der Waals surface area contributed by atoms with Crippen molar-refractivity contribution in [1.29, 1.82) is 0 Å². The highest BCUT2D eigenvalue weighted by molar-refractivity contribution is 5.47. The van der Waals surface area contributed by atoms with E-state index in [0.29, 0.717) is 17.9 Å². The van der Waals surface area contributed by atoms with Gasteiger partial charge in [0.1, 0.15) is 11.5 Å². The van der Waals surface area contributed by atoms with Gasteiger partial charge in [-0.1, -0.05) is 13.8 Å². The molecule has 0 bridgehead atoms. The highest BCUT2D eigenvalue weighted by Gasteiger charge is 2.32. The lowest BCUT2D eigenvalue weighted by atomic mass is 10.0. The van der Waals surface area contributed by atoms with Gasteiger partial charge >= 0.3 is 6.36 Å².